The maximum Gasteiger partial charge on any atom is 0.227 e. The minimum Gasteiger partial charge on any atom is -0.342 e. The van der Waals surface area contributed by atoms with Crippen LogP contribution >= 0.6 is 0 Å². The average Bonchev–Trinajstić information content (AvgIpc) is 2.99. The van der Waals surface area contributed by atoms with Crippen LogP contribution in [0.15, 0.2) is 12.7 Å². The lowest BCUT2D eigenvalue weighted by molar-refractivity contribution is -0.139. The molecule has 3 rings (SSSR count). The van der Waals surface area contributed by atoms with Crippen LogP contribution in [-0.4, -0.2) is 29.9 Å². The normalized spacial score (nSPS) is 40.2. The Balaban J connectivity index is 1.63. The Kier molecular flexibility index (Phi) is 3.18. The second-order valence-corrected chi connectivity index (χ2v) is 6.33. The van der Waals surface area contributed by atoms with E-state index in [9.17, 15) is 4.79 Å². The summed E-state index contributed by atoms with van der Waals surface area (Å²) in [5.74, 6) is 2.27. The van der Waals surface area contributed by atoms with Gasteiger partial charge >= 0.3 is 0 Å². The van der Waals surface area contributed by atoms with Gasteiger partial charge in [0, 0.05) is 19.1 Å². The second-order valence-electron chi connectivity index (χ2n) is 6.33. The standard InChI is InChI=1S/C15H24N2O/c1-2-10-5-7-17(8-6-10)15(18)13-11-3-4-12(9-11)14(13)16/h2,10-14H,1,3-9,16H2/t11-,12-,13+,14-/m0/s1. The summed E-state index contributed by atoms with van der Waals surface area (Å²) in [6.07, 6.45) is 7.84. The summed E-state index contributed by atoms with van der Waals surface area (Å²) in [5.41, 5.74) is 6.26. The maximum absolute atomic E-state index is 12.6. The van der Waals surface area contributed by atoms with Gasteiger partial charge in [0.15, 0.2) is 0 Å². The van der Waals surface area contributed by atoms with Gasteiger partial charge in [0.1, 0.15) is 0 Å². The fourth-order valence-electron chi connectivity index (χ4n) is 4.27. The van der Waals surface area contributed by atoms with Crippen LogP contribution in [-0.2, 0) is 4.79 Å². The van der Waals surface area contributed by atoms with Gasteiger partial charge in [-0.1, -0.05) is 6.08 Å². The molecule has 0 radical (unpaired) electrons. The van der Waals surface area contributed by atoms with Crippen molar-refractivity contribution < 1.29 is 4.79 Å². The van der Waals surface area contributed by atoms with E-state index in [1.54, 1.807) is 0 Å². The van der Waals surface area contributed by atoms with Gasteiger partial charge in [-0.2, -0.15) is 0 Å². The monoisotopic (exact) mass is 248 g/mol. The van der Waals surface area contributed by atoms with Gasteiger partial charge in [0.2, 0.25) is 5.91 Å². The van der Waals surface area contributed by atoms with E-state index in [-0.39, 0.29) is 12.0 Å². The Morgan fingerprint density at radius 2 is 1.83 bits per heavy atom. The highest BCUT2D eigenvalue weighted by atomic mass is 16.2. The fourth-order valence-corrected chi connectivity index (χ4v) is 4.27. The van der Waals surface area contributed by atoms with E-state index >= 15 is 0 Å². The Bertz CT molecular complexity index is 344. The number of allylic oxidation sites excluding steroid dienone is 1. The first-order chi connectivity index (χ1) is 8.70. The first-order valence-electron chi connectivity index (χ1n) is 7.37. The Hall–Kier alpha value is -0.830. The summed E-state index contributed by atoms with van der Waals surface area (Å²) in [4.78, 5) is 14.7. The number of nitrogens with zero attached hydrogens (tertiary/aromatic N) is 1. The lowest BCUT2D eigenvalue weighted by Gasteiger charge is -2.36. The summed E-state index contributed by atoms with van der Waals surface area (Å²) in [6, 6.07) is 0.133. The highest BCUT2D eigenvalue weighted by Crippen LogP contribution is 2.48. The molecule has 1 heterocycles. The minimum absolute atomic E-state index is 0.129. The van der Waals surface area contributed by atoms with E-state index in [2.05, 4.69) is 11.5 Å². The van der Waals surface area contributed by atoms with E-state index in [4.69, 9.17) is 5.73 Å². The molecule has 3 nitrogen and oxygen atoms in total. The molecule has 0 aromatic carbocycles. The molecule has 1 amide bonds. The summed E-state index contributed by atoms with van der Waals surface area (Å²) < 4.78 is 0. The number of likely N-dealkylation sites (tertiary alicyclic amines) is 1. The molecule has 2 saturated carbocycles. The molecule has 2 N–H and O–H groups in total. The summed E-state index contributed by atoms with van der Waals surface area (Å²) >= 11 is 0. The van der Waals surface area contributed by atoms with Crippen LogP contribution in [0.3, 0.4) is 0 Å². The number of amides is 1. The molecule has 0 aromatic heterocycles. The van der Waals surface area contributed by atoms with Crippen molar-refractivity contribution in [1.82, 2.24) is 4.90 Å². The average molecular weight is 248 g/mol. The number of rotatable bonds is 2. The zero-order chi connectivity index (χ0) is 12.7. The lowest BCUT2D eigenvalue weighted by atomic mass is 9.83. The Morgan fingerprint density at radius 3 is 2.39 bits per heavy atom. The van der Waals surface area contributed by atoms with Crippen LogP contribution in [0.25, 0.3) is 0 Å². The number of hydrogen-bond acceptors (Lipinski definition) is 2. The zero-order valence-corrected chi connectivity index (χ0v) is 11.1. The first-order valence-corrected chi connectivity index (χ1v) is 7.37. The molecule has 18 heavy (non-hydrogen) atoms. The molecule has 0 aromatic rings. The first kappa shape index (κ1) is 12.2. The van der Waals surface area contributed by atoms with E-state index in [1.165, 1.54) is 19.3 Å². The van der Waals surface area contributed by atoms with Crippen molar-refractivity contribution in [2.45, 2.75) is 38.1 Å². The zero-order valence-electron chi connectivity index (χ0n) is 11.1. The summed E-state index contributed by atoms with van der Waals surface area (Å²) in [7, 11) is 0. The summed E-state index contributed by atoms with van der Waals surface area (Å²) in [6.45, 7) is 5.65. The topological polar surface area (TPSA) is 46.3 Å². The van der Waals surface area contributed by atoms with E-state index in [1.807, 2.05) is 6.08 Å². The van der Waals surface area contributed by atoms with Gasteiger partial charge < -0.3 is 10.6 Å². The maximum atomic E-state index is 12.6. The van der Waals surface area contributed by atoms with Crippen molar-refractivity contribution in [2.24, 2.45) is 29.4 Å². The molecule has 1 aliphatic heterocycles. The van der Waals surface area contributed by atoms with Gasteiger partial charge in [-0.15, -0.1) is 6.58 Å². The van der Waals surface area contributed by atoms with E-state index < -0.39 is 0 Å². The molecule has 1 saturated heterocycles. The molecule has 0 spiro atoms. The van der Waals surface area contributed by atoms with Gasteiger partial charge in [-0.25, -0.2) is 0 Å². The number of carbonyl (C=O) groups excluding carboxylic acids is 1. The third-order valence-corrected chi connectivity index (χ3v) is 5.45. The smallest absolute Gasteiger partial charge is 0.227 e. The molecule has 3 aliphatic rings. The number of hydrogen-bond donors (Lipinski definition) is 1. The van der Waals surface area contributed by atoms with Crippen LogP contribution in [0.4, 0.5) is 0 Å². The lowest BCUT2D eigenvalue weighted by Crippen LogP contribution is -2.49. The molecular formula is C15H24N2O. The predicted molar refractivity (Wildman–Crippen MR) is 71.8 cm³/mol. The third-order valence-electron chi connectivity index (χ3n) is 5.45. The van der Waals surface area contributed by atoms with Crippen molar-refractivity contribution in [2.75, 3.05) is 13.1 Å². The van der Waals surface area contributed by atoms with Crippen molar-refractivity contribution in [1.29, 1.82) is 0 Å². The second kappa shape index (κ2) is 4.69. The van der Waals surface area contributed by atoms with Crippen molar-refractivity contribution in [3.8, 4) is 0 Å². The highest BCUT2D eigenvalue weighted by Gasteiger charge is 2.50. The fraction of sp³-hybridized carbons (Fsp3) is 0.800. The van der Waals surface area contributed by atoms with Crippen LogP contribution in [0.2, 0.25) is 0 Å². The molecule has 2 bridgehead atoms. The van der Waals surface area contributed by atoms with Gasteiger partial charge in [-0.05, 0) is 49.9 Å². The molecule has 2 aliphatic carbocycles. The summed E-state index contributed by atoms with van der Waals surface area (Å²) in [5, 5.41) is 0. The molecule has 0 unspecified atom stereocenters. The molecule has 3 heteroatoms. The number of piperidine rings is 1. The van der Waals surface area contributed by atoms with Gasteiger partial charge in [0.25, 0.3) is 0 Å². The SMILES string of the molecule is C=CC1CCN(C(=O)[C@@H]2[C@H]3CC[C@@H](C3)[C@@H]2N)CC1. The number of carbonyl (C=O) groups is 1. The van der Waals surface area contributed by atoms with Gasteiger partial charge in [0.05, 0.1) is 5.92 Å². The van der Waals surface area contributed by atoms with E-state index in [0.29, 0.717) is 23.7 Å². The number of nitrogens with two attached hydrogens (primary N) is 1. The highest BCUT2D eigenvalue weighted by molar-refractivity contribution is 5.80. The van der Waals surface area contributed by atoms with Crippen LogP contribution < -0.4 is 5.73 Å². The van der Waals surface area contributed by atoms with E-state index in [0.717, 1.165) is 25.9 Å². The molecule has 4 atom stereocenters. The van der Waals surface area contributed by atoms with Crippen molar-refractivity contribution in [3.05, 3.63) is 12.7 Å². The minimum atomic E-state index is 0.129. The quantitative estimate of drug-likeness (QED) is 0.757. The predicted octanol–water partition coefficient (Wildman–Crippen LogP) is 1.78. The largest absolute Gasteiger partial charge is 0.342 e. The van der Waals surface area contributed by atoms with Crippen LogP contribution in [0.1, 0.15) is 32.1 Å². The number of fused-ring (bicyclic) bond motifs is 2. The van der Waals surface area contributed by atoms with Crippen molar-refractivity contribution in [3.63, 3.8) is 0 Å². The molecule has 3 fully saturated rings. The van der Waals surface area contributed by atoms with Crippen LogP contribution in [0.5, 0.6) is 0 Å². The van der Waals surface area contributed by atoms with Crippen molar-refractivity contribution >= 4 is 5.91 Å². The van der Waals surface area contributed by atoms with Gasteiger partial charge in [-0.3, -0.25) is 4.79 Å². The van der Waals surface area contributed by atoms with Crippen LogP contribution in [0, 0.1) is 23.7 Å². The molecular weight excluding hydrogens is 224 g/mol. The Morgan fingerprint density at radius 1 is 1.17 bits per heavy atom. The Labute approximate surface area is 109 Å². The third kappa shape index (κ3) is 1.89. The molecule has 100 valence electrons.